The summed E-state index contributed by atoms with van der Waals surface area (Å²) in [4.78, 5) is 35.9. The van der Waals surface area contributed by atoms with Crippen molar-refractivity contribution in [1.82, 2.24) is 9.88 Å². The fourth-order valence-corrected chi connectivity index (χ4v) is 5.17. The van der Waals surface area contributed by atoms with Crippen molar-refractivity contribution < 1.29 is 14.3 Å². The van der Waals surface area contributed by atoms with E-state index in [1.54, 1.807) is 19.4 Å². The first kappa shape index (κ1) is 29.1. The van der Waals surface area contributed by atoms with Crippen molar-refractivity contribution in [2.45, 2.75) is 65.3 Å². The quantitative estimate of drug-likeness (QED) is 0.356. The molecule has 2 heterocycles. The first-order valence-electron chi connectivity index (χ1n) is 14.5. The first-order chi connectivity index (χ1) is 19.5. The summed E-state index contributed by atoms with van der Waals surface area (Å²) >= 11 is 0. The van der Waals surface area contributed by atoms with Crippen LogP contribution in [0.15, 0.2) is 66.9 Å². The van der Waals surface area contributed by atoms with Crippen LogP contribution in [0.2, 0.25) is 0 Å². The number of rotatable bonds is 6. The number of hydrogen-bond acceptors (Lipinski definition) is 5. The van der Waals surface area contributed by atoms with Crippen LogP contribution in [0.1, 0.15) is 74.7 Å². The number of methoxy groups -OCH3 is 1. The molecule has 1 aromatic heterocycles. The summed E-state index contributed by atoms with van der Waals surface area (Å²) in [5.41, 5.74) is 3.20. The number of anilines is 3. The highest BCUT2D eigenvalue weighted by molar-refractivity contribution is 5.99. The Labute approximate surface area is 238 Å². The molecule has 1 N–H and O–H groups in total. The highest BCUT2D eigenvalue weighted by Gasteiger charge is 2.24. The lowest BCUT2D eigenvalue weighted by molar-refractivity contribution is -0.119. The van der Waals surface area contributed by atoms with Gasteiger partial charge in [0.1, 0.15) is 11.6 Å². The van der Waals surface area contributed by atoms with Gasteiger partial charge in [-0.3, -0.25) is 9.59 Å². The van der Waals surface area contributed by atoms with E-state index < -0.39 is 0 Å². The van der Waals surface area contributed by atoms with Crippen LogP contribution in [0, 0.1) is 5.92 Å². The largest absolute Gasteiger partial charge is 0.497 e. The van der Waals surface area contributed by atoms with Gasteiger partial charge in [0.2, 0.25) is 5.91 Å². The molecule has 1 aliphatic rings. The van der Waals surface area contributed by atoms with Gasteiger partial charge >= 0.3 is 0 Å². The highest BCUT2D eigenvalue weighted by Crippen LogP contribution is 2.28. The molecule has 0 spiro atoms. The van der Waals surface area contributed by atoms with Crippen LogP contribution in [0.5, 0.6) is 5.75 Å². The summed E-state index contributed by atoms with van der Waals surface area (Å²) in [7, 11) is 1.63. The highest BCUT2D eigenvalue weighted by atomic mass is 16.5. The molecule has 7 nitrogen and oxygen atoms in total. The number of nitrogens with zero attached hydrogens (tertiary/aromatic N) is 3. The maximum Gasteiger partial charge on any atom is 0.257 e. The molecule has 212 valence electrons. The lowest BCUT2D eigenvalue weighted by Gasteiger charge is -2.29. The molecule has 0 saturated carbocycles. The molecule has 0 bridgehead atoms. The van der Waals surface area contributed by atoms with Crippen LogP contribution in [-0.4, -0.2) is 41.9 Å². The molecule has 4 rings (SSSR count). The van der Waals surface area contributed by atoms with Gasteiger partial charge in [-0.05, 0) is 54.7 Å². The number of carbonyl (C=O) groups is 2. The molecule has 40 heavy (non-hydrogen) atoms. The Morgan fingerprint density at radius 3 is 2.45 bits per heavy atom. The number of carbonyl (C=O) groups excluding carboxylic acids is 2. The molecule has 0 saturated heterocycles. The average molecular weight is 543 g/mol. The fourth-order valence-electron chi connectivity index (χ4n) is 5.17. The van der Waals surface area contributed by atoms with Crippen molar-refractivity contribution in [2.24, 2.45) is 5.92 Å². The van der Waals surface area contributed by atoms with E-state index in [9.17, 15) is 9.59 Å². The minimum atomic E-state index is -0.0803. The zero-order valence-corrected chi connectivity index (χ0v) is 24.1. The predicted molar refractivity (Wildman–Crippen MR) is 161 cm³/mol. The van der Waals surface area contributed by atoms with Crippen molar-refractivity contribution in [1.29, 1.82) is 0 Å². The first-order valence-corrected chi connectivity index (χ1v) is 14.5. The van der Waals surface area contributed by atoms with Gasteiger partial charge in [-0.15, -0.1) is 0 Å². The number of fused-ring (bicyclic) bond motifs is 1. The molecule has 3 aromatic rings. The van der Waals surface area contributed by atoms with Crippen LogP contribution in [-0.2, 0) is 11.3 Å². The van der Waals surface area contributed by atoms with Gasteiger partial charge in [0.15, 0.2) is 0 Å². The molecule has 0 atom stereocenters. The van der Waals surface area contributed by atoms with Crippen LogP contribution < -0.4 is 15.0 Å². The second kappa shape index (κ2) is 14.5. The number of amides is 2. The Bertz CT molecular complexity index is 1280. The van der Waals surface area contributed by atoms with Gasteiger partial charge in [-0.1, -0.05) is 63.8 Å². The SMILES string of the molecule is COc1cccc(Nc2ncccc2C(=O)N2CCCCCCCCN(C(=O)CC(C)C)c3ccccc3C2)c1. The Hall–Kier alpha value is -3.87. The Kier molecular flexibility index (Phi) is 10.6. The molecular formula is C33H42N4O3. The Morgan fingerprint density at radius 2 is 1.68 bits per heavy atom. The number of pyridine rings is 1. The third kappa shape index (κ3) is 7.84. The van der Waals surface area contributed by atoms with Gasteiger partial charge in [0.05, 0.1) is 12.7 Å². The molecule has 2 aromatic carbocycles. The molecule has 1 aliphatic heterocycles. The number of nitrogens with one attached hydrogen (secondary N) is 1. The molecule has 2 amide bonds. The average Bonchev–Trinajstić information content (AvgIpc) is 2.97. The van der Waals surface area contributed by atoms with Crippen LogP contribution in [0.25, 0.3) is 0 Å². The van der Waals surface area contributed by atoms with E-state index in [4.69, 9.17) is 4.74 Å². The van der Waals surface area contributed by atoms with Crippen molar-refractivity contribution in [3.63, 3.8) is 0 Å². The minimum Gasteiger partial charge on any atom is -0.497 e. The summed E-state index contributed by atoms with van der Waals surface area (Å²) in [6.45, 7) is 5.92. The van der Waals surface area contributed by atoms with Crippen LogP contribution in [0.4, 0.5) is 17.2 Å². The normalized spacial score (nSPS) is 14.9. The lowest BCUT2D eigenvalue weighted by Crippen LogP contribution is -2.36. The smallest absolute Gasteiger partial charge is 0.257 e. The third-order valence-corrected chi connectivity index (χ3v) is 7.25. The summed E-state index contributed by atoms with van der Waals surface area (Å²) in [5.74, 6) is 1.57. The van der Waals surface area contributed by atoms with E-state index in [1.165, 1.54) is 0 Å². The zero-order chi connectivity index (χ0) is 28.3. The van der Waals surface area contributed by atoms with E-state index in [0.29, 0.717) is 37.4 Å². The van der Waals surface area contributed by atoms with Crippen molar-refractivity contribution >= 4 is 29.0 Å². The topological polar surface area (TPSA) is 74.8 Å². The number of benzene rings is 2. The Morgan fingerprint density at radius 1 is 0.925 bits per heavy atom. The second-order valence-electron chi connectivity index (χ2n) is 10.9. The standard InChI is InChI=1S/C33H42N4O3/c1-25(2)22-31(38)37-21-11-7-5-4-6-10-20-36(24-26-14-8-9-18-30(26)37)33(39)29-17-13-19-34-32(29)35-27-15-12-16-28(23-27)40-3/h8-9,12-19,23,25H,4-7,10-11,20-22,24H2,1-3H3,(H,34,35). The molecule has 0 radical (unpaired) electrons. The van der Waals surface area contributed by atoms with Crippen molar-refractivity contribution in [3.05, 3.63) is 78.0 Å². The lowest BCUT2D eigenvalue weighted by atomic mass is 10.1. The van der Waals surface area contributed by atoms with E-state index >= 15 is 0 Å². The number of hydrogen-bond donors (Lipinski definition) is 1. The number of ether oxygens (including phenoxy) is 1. The maximum absolute atomic E-state index is 14.1. The molecule has 0 unspecified atom stereocenters. The van der Waals surface area contributed by atoms with Crippen LogP contribution >= 0.6 is 0 Å². The van der Waals surface area contributed by atoms with Gasteiger partial charge in [0.25, 0.3) is 5.91 Å². The minimum absolute atomic E-state index is 0.0803. The van der Waals surface area contributed by atoms with Gasteiger partial charge in [0, 0.05) is 49.7 Å². The molecular weight excluding hydrogens is 500 g/mol. The fraction of sp³-hybridized carbons (Fsp3) is 0.424. The second-order valence-corrected chi connectivity index (χ2v) is 10.9. The summed E-state index contributed by atoms with van der Waals surface area (Å²) in [5, 5.41) is 3.31. The summed E-state index contributed by atoms with van der Waals surface area (Å²) in [6, 6.07) is 19.2. The molecule has 7 heteroatoms. The van der Waals surface area contributed by atoms with Crippen molar-refractivity contribution in [3.8, 4) is 5.75 Å². The van der Waals surface area contributed by atoms with Gasteiger partial charge < -0.3 is 19.9 Å². The summed E-state index contributed by atoms with van der Waals surface area (Å²) < 4.78 is 5.36. The Balaban J connectivity index is 1.66. The molecule has 0 aliphatic carbocycles. The zero-order valence-electron chi connectivity index (χ0n) is 24.1. The number of para-hydroxylation sites is 1. The molecule has 0 fully saturated rings. The number of aromatic nitrogens is 1. The monoisotopic (exact) mass is 542 g/mol. The maximum atomic E-state index is 14.1. The van der Waals surface area contributed by atoms with Crippen molar-refractivity contribution in [2.75, 3.05) is 30.4 Å². The van der Waals surface area contributed by atoms with E-state index in [2.05, 4.69) is 24.1 Å². The van der Waals surface area contributed by atoms with Gasteiger partial charge in [-0.25, -0.2) is 4.98 Å². The van der Waals surface area contributed by atoms with Crippen LogP contribution in [0.3, 0.4) is 0 Å². The third-order valence-electron chi connectivity index (χ3n) is 7.25. The van der Waals surface area contributed by atoms with E-state index in [0.717, 1.165) is 61.2 Å². The summed E-state index contributed by atoms with van der Waals surface area (Å²) in [6.07, 6.45) is 8.55. The van der Waals surface area contributed by atoms with Gasteiger partial charge in [-0.2, -0.15) is 0 Å². The predicted octanol–water partition coefficient (Wildman–Crippen LogP) is 7.21. The van der Waals surface area contributed by atoms with E-state index in [1.807, 2.05) is 64.4 Å². The van der Waals surface area contributed by atoms with E-state index in [-0.39, 0.29) is 17.7 Å².